The largest absolute Gasteiger partial charge is 0.471 e. The molecule has 0 saturated carbocycles. The highest BCUT2D eigenvalue weighted by Gasteiger charge is 2.40. The summed E-state index contributed by atoms with van der Waals surface area (Å²) in [6.07, 6.45) is -2.07. The van der Waals surface area contributed by atoms with E-state index in [-0.39, 0.29) is 31.8 Å². The van der Waals surface area contributed by atoms with Crippen LogP contribution in [0.1, 0.15) is 60.3 Å². The summed E-state index contributed by atoms with van der Waals surface area (Å²) < 4.78 is 51.5. The minimum absolute atomic E-state index is 0.0782. The summed E-state index contributed by atoms with van der Waals surface area (Å²) in [5.41, 5.74) is 0. The van der Waals surface area contributed by atoms with Gasteiger partial charge in [0, 0.05) is 12.1 Å². The van der Waals surface area contributed by atoms with E-state index in [9.17, 15) is 18.0 Å². The first kappa shape index (κ1) is 27.1. The van der Waals surface area contributed by atoms with Crippen molar-refractivity contribution in [3.05, 3.63) is 11.4 Å². The van der Waals surface area contributed by atoms with Gasteiger partial charge < -0.3 is 19.2 Å². The molecule has 2 atom stereocenters. The molecular formula is C18H33F3N3O3P. The second kappa shape index (κ2) is 14.1. The predicted molar refractivity (Wildman–Crippen MR) is 105 cm³/mol. The molecule has 0 radical (unpaired) electrons. The second-order valence-corrected chi connectivity index (χ2v) is 8.43. The molecule has 0 bridgehead atoms. The SMILES string of the molecule is [C-]#[N+]CCOP(OC[C@H](CCCCC)NC(=O)C(F)(F)F)N(C(C)C)C(C)C. The van der Waals surface area contributed by atoms with Crippen LogP contribution in [-0.2, 0) is 13.8 Å². The average molecular weight is 427 g/mol. The molecule has 6 nitrogen and oxygen atoms in total. The topological polar surface area (TPSA) is 55.2 Å². The highest BCUT2D eigenvalue weighted by Crippen LogP contribution is 2.46. The molecule has 0 fully saturated rings. The van der Waals surface area contributed by atoms with Crippen LogP contribution in [0.4, 0.5) is 13.2 Å². The Kier molecular flexibility index (Phi) is 13.6. The number of nitrogens with zero attached hydrogens (tertiary/aromatic N) is 2. The zero-order valence-corrected chi connectivity index (χ0v) is 18.3. The van der Waals surface area contributed by atoms with Crippen LogP contribution < -0.4 is 5.32 Å². The fourth-order valence-corrected chi connectivity index (χ4v) is 4.21. The number of hydrogen-bond acceptors (Lipinski definition) is 4. The molecule has 0 aromatic rings. The van der Waals surface area contributed by atoms with Crippen molar-refractivity contribution in [1.29, 1.82) is 0 Å². The summed E-state index contributed by atoms with van der Waals surface area (Å²) in [7, 11) is -1.56. The Morgan fingerprint density at radius 3 is 2.25 bits per heavy atom. The minimum Gasteiger partial charge on any atom is -0.343 e. The number of rotatable bonds is 14. The number of alkyl halides is 3. The van der Waals surface area contributed by atoms with Gasteiger partial charge in [0.25, 0.3) is 8.53 Å². The fourth-order valence-electron chi connectivity index (χ4n) is 2.57. The monoisotopic (exact) mass is 427 g/mol. The van der Waals surface area contributed by atoms with Crippen LogP contribution >= 0.6 is 8.53 Å². The minimum atomic E-state index is -4.93. The van der Waals surface area contributed by atoms with E-state index >= 15 is 0 Å². The van der Waals surface area contributed by atoms with Crippen molar-refractivity contribution in [3.63, 3.8) is 0 Å². The van der Waals surface area contributed by atoms with E-state index in [2.05, 4.69) is 4.85 Å². The lowest BCUT2D eigenvalue weighted by Gasteiger charge is -2.36. The van der Waals surface area contributed by atoms with Crippen LogP contribution in [0.3, 0.4) is 0 Å². The molecule has 164 valence electrons. The van der Waals surface area contributed by atoms with E-state index in [0.717, 1.165) is 12.8 Å². The number of carbonyl (C=O) groups is 1. The third-order valence-corrected chi connectivity index (χ3v) is 5.86. The molecule has 0 saturated heterocycles. The Bertz CT molecular complexity index is 477. The van der Waals surface area contributed by atoms with E-state index in [1.54, 1.807) is 0 Å². The Morgan fingerprint density at radius 1 is 1.18 bits per heavy atom. The molecule has 1 amide bonds. The molecule has 1 unspecified atom stereocenters. The summed E-state index contributed by atoms with van der Waals surface area (Å²) in [6.45, 7) is 17.0. The summed E-state index contributed by atoms with van der Waals surface area (Å²) >= 11 is 0. The number of hydrogen-bond donors (Lipinski definition) is 1. The van der Waals surface area contributed by atoms with Gasteiger partial charge in [0.2, 0.25) is 6.54 Å². The molecule has 0 spiro atoms. The third kappa shape index (κ3) is 11.2. The predicted octanol–water partition coefficient (Wildman–Crippen LogP) is 4.91. The van der Waals surface area contributed by atoms with Crippen molar-refractivity contribution in [1.82, 2.24) is 9.99 Å². The van der Waals surface area contributed by atoms with Gasteiger partial charge in [-0.05, 0) is 34.1 Å². The zero-order valence-electron chi connectivity index (χ0n) is 17.4. The number of nitrogens with one attached hydrogen (secondary N) is 1. The molecule has 0 rings (SSSR count). The number of unbranched alkanes of at least 4 members (excludes halogenated alkanes) is 2. The molecule has 28 heavy (non-hydrogen) atoms. The van der Waals surface area contributed by atoms with Gasteiger partial charge in [-0.3, -0.25) is 4.79 Å². The normalized spacial score (nSPS) is 14.4. The van der Waals surface area contributed by atoms with Crippen LogP contribution in [0.25, 0.3) is 4.85 Å². The summed E-state index contributed by atoms with van der Waals surface area (Å²) in [5, 5.41) is 2.03. The van der Waals surface area contributed by atoms with Gasteiger partial charge in [0.05, 0.1) is 12.6 Å². The lowest BCUT2D eigenvalue weighted by Crippen LogP contribution is -2.45. The van der Waals surface area contributed by atoms with Crippen LogP contribution in [0.15, 0.2) is 0 Å². The van der Waals surface area contributed by atoms with E-state index < -0.39 is 26.7 Å². The maximum atomic E-state index is 12.6. The Balaban J connectivity index is 5.13. The van der Waals surface area contributed by atoms with Gasteiger partial charge in [-0.15, -0.1) is 0 Å². The van der Waals surface area contributed by atoms with Gasteiger partial charge in [-0.25, -0.2) is 11.2 Å². The quantitative estimate of drug-likeness (QED) is 0.243. The van der Waals surface area contributed by atoms with Crippen LogP contribution in [0.5, 0.6) is 0 Å². The van der Waals surface area contributed by atoms with Crippen LogP contribution in [-0.4, -0.2) is 54.6 Å². The average Bonchev–Trinajstić information content (AvgIpc) is 2.57. The fraction of sp³-hybridized carbons (Fsp3) is 0.889. The third-order valence-electron chi connectivity index (χ3n) is 3.79. The molecule has 1 N–H and O–H groups in total. The van der Waals surface area contributed by atoms with Gasteiger partial charge in [0.1, 0.15) is 6.61 Å². The van der Waals surface area contributed by atoms with Gasteiger partial charge in [-0.1, -0.05) is 26.2 Å². The maximum absolute atomic E-state index is 12.6. The first-order valence-corrected chi connectivity index (χ1v) is 10.7. The number of halogens is 3. The highest BCUT2D eigenvalue weighted by molar-refractivity contribution is 7.44. The van der Waals surface area contributed by atoms with Crippen LogP contribution in [0, 0.1) is 6.57 Å². The first-order valence-electron chi connectivity index (χ1n) is 9.59. The Labute approximate surface area is 167 Å². The smallest absolute Gasteiger partial charge is 0.343 e. The lowest BCUT2D eigenvalue weighted by atomic mass is 10.1. The number of carbonyl (C=O) groups excluding carboxylic acids is 1. The second-order valence-electron chi connectivity index (χ2n) is 6.98. The lowest BCUT2D eigenvalue weighted by molar-refractivity contribution is -0.174. The van der Waals surface area contributed by atoms with E-state index in [4.69, 9.17) is 15.6 Å². The zero-order chi connectivity index (χ0) is 21.7. The molecule has 0 aliphatic rings. The molecule has 10 heteroatoms. The molecular weight excluding hydrogens is 394 g/mol. The molecule has 0 aromatic carbocycles. The van der Waals surface area contributed by atoms with E-state index in [1.165, 1.54) is 0 Å². The summed E-state index contributed by atoms with van der Waals surface area (Å²) in [5.74, 6) is -1.96. The van der Waals surface area contributed by atoms with Gasteiger partial charge in [-0.2, -0.15) is 13.2 Å². The van der Waals surface area contributed by atoms with E-state index in [1.807, 2.05) is 44.6 Å². The first-order chi connectivity index (χ1) is 13.0. The van der Waals surface area contributed by atoms with Crippen molar-refractivity contribution >= 4 is 14.4 Å². The van der Waals surface area contributed by atoms with Crippen molar-refractivity contribution in [2.75, 3.05) is 19.8 Å². The van der Waals surface area contributed by atoms with Crippen molar-refractivity contribution in [2.45, 2.75) is 84.6 Å². The van der Waals surface area contributed by atoms with Crippen molar-refractivity contribution in [3.8, 4) is 0 Å². The Hall–Kier alpha value is -0.940. The molecule has 0 aliphatic carbocycles. The van der Waals surface area contributed by atoms with Gasteiger partial charge >= 0.3 is 12.1 Å². The number of amides is 1. The Morgan fingerprint density at radius 2 is 1.79 bits per heavy atom. The highest BCUT2D eigenvalue weighted by atomic mass is 31.2. The van der Waals surface area contributed by atoms with Crippen molar-refractivity contribution < 1.29 is 27.0 Å². The molecule has 0 heterocycles. The summed E-state index contributed by atoms with van der Waals surface area (Å²) in [6, 6.07) is -0.582. The van der Waals surface area contributed by atoms with E-state index in [0.29, 0.717) is 12.8 Å². The standard InChI is InChI=1S/C18H33F3N3O3P/c1-7-8-9-10-16(23-17(25)18(19,20)21)13-27-28(26-12-11-22-6)24(14(2)3)15(4)5/h14-16H,7-13H2,1-5H3,(H,23,25)/t16-,28?/m0/s1. The molecule has 0 aromatic heterocycles. The van der Waals surface area contributed by atoms with Crippen LogP contribution in [0.2, 0.25) is 0 Å². The van der Waals surface area contributed by atoms with Crippen molar-refractivity contribution in [2.24, 2.45) is 0 Å². The molecule has 0 aliphatic heterocycles. The summed E-state index contributed by atoms with van der Waals surface area (Å²) in [4.78, 5) is 14.6. The van der Waals surface area contributed by atoms with Gasteiger partial charge in [0.15, 0.2) is 0 Å². The maximum Gasteiger partial charge on any atom is 0.471 e.